The number of amides is 2. The zero-order chi connectivity index (χ0) is 15.0. The molecule has 110 valence electrons. The third kappa shape index (κ3) is 5.19. The van der Waals surface area contributed by atoms with Crippen molar-refractivity contribution in [3.63, 3.8) is 0 Å². The number of carbonyl (C=O) groups excluding carboxylic acids is 2. The van der Waals surface area contributed by atoms with Crippen LogP contribution in [0.25, 0.3) is 0 Å². The molecule has 8 heteroatoms. The second-order valence-electron chi connectivity index (χ2n) is 4.33. The lowest BCUT2D eigenvalue weighted by atomic mass is 10.2. The topological polar surface area (TPSA) is 122 Å². The number of hydrazine groups is 1. The molecule has 0 aliphatic carbocycles. The molecule has 1 aromatic heterocycles. The minimum Gasteiger partial charge on any atom is -0.354 e. The van der Waals surface area contributed by atoms with Gasteiger partial charge in [-0.05, 0) is 25.5 Å². The fourth-order valence-electron chi connectivity index (χ4n) is 1.36. The average molecular weight is 280 g/mol. The van der Waals surface area contributed by atoms with Gasteiger partial charge in [-0.15, -0.1) is 10.2 Å². The molecule has 1 atom stereocenters. The highest BCUT2D eigenvalue weighted by molar-refractivity contribution is 5.92. The highest BCUT2D eigenvalue weighted by atomic mass is 16.2. The Labute approximate surface area is 117 Å². The van der Waals surface area contributed by atoms with Crippen LogP contribution in [0.4, 0.5) is 5.82 Å². The molecular weight excluding hydrogens is 260 g/mol. The fourth-order valence-corrected chi connectivity index (χ4v) is 1.36. The first kappa shape index (κ1) is 15.8. The molecule has 0 bridgehead atoms. The van der Waals surface area contributed by atoms with Gasteiger partial charge in [0, 0.05) is 19.0 Å². The number of rotatable bonds is 7. The highest BCUT2D eigenvalue weighted by Crippen LogP contribution is 1.99. The zero-order valence-electron chi connectivity index (χ0n) is 11.6. The summed E-state index contributed by atoms with van der Waals surface area (Å²) in [7, 11) is 0. The summed E-state index contributed by atoms with van der Waals surface area (Å²) in [6, 6.07) is 3.18. The van der Waals surface area contributed by atoms with E-state index < -0.39 is 0 Å². The first-order valence-corrected chi connectivity index (χ1v) is 6.44. The number of hydrogen-bond donors (Lipinski definition) is 4. The van der Waals surface area contributed by atoms with Gasteiger partial charge in [0.05, 0.1) is 0 Å². The quantitative estimate of drug-likeness (QED) is 0.405. The van der Waals surface area contributed by atoms with Crippen molar-refractivity contribution in [1.82, 2.24) is 20.8 Å². The van der Waals surface area contributed by atoms with Crippen molar-refractivity contribution in [2.75, 3.05) is 12.0 Å². The number of nitrogens with two attached hydrogens (primary N) is 1. The second kappa shape index (κ2) is 8.05. The largest absolute Gasteiger partial charge is 0.354 e. The van der Waals surface area contributed by atoms with Crippen molar-refractivity contribution in [2.24, 2.45) is 5.84 Å². The highest BCUT2D eigenvalue weighted by Gasteiger charge is 2.09. The molecule has 1 rings (SSSR count). The lowest BCUT2D eigenvalue weighted by Crippen LogP contribution is -2.35. The Morgan fingerprint density at radius 1 is 1.35 bits per heavy atom. The Morgan fingerprint density at radius 3 is 2.65 bits per heavy atom. The predicted octanol–water partition coefficient (Wildman–Crippen LogP) is -0.203. The molecular formula is C12H20N6O2. The van der Waals surface area contributed by atoms with Gasteiger partial charge >= 0.3 is 0 Å². The number of hydrogen-bond acceptors (Lipinski definition) is 6. The first-order chi connectivity index (χ1) is 9.56. The van der Waals surface area contributed by atoms with E-state index >= 15 is 0 Å². The Morgan fingerprint density at radius 2 is 2.10 bits per heavy atom. The fraction of sp³-hybridized carbons (Fsp3) is 0.500. The molecule has 20 heavy (non-hydrogen) atoms. The van der Waals surface area contributed by atoms with E-state index in [9.17, 15) is 9.59 Å². The van der Waals surface area contributed by atoms with Gasteiger partial charge in [0.15, 0.2) is 11.5 Å². The molecule has 1 unspecified atom stereocenters. The van der Waals surface area contributed by atoms with E-state index in [1.165, 1.54) is 12.1 Å². The molecule has 8 nitrogen and oxygen atoms in total. The van der Waals surface area contributed by atoms with Crippen LogP contribution >= 0.6 is 0 Å². The van der Waals surface area contributed by atoms with Gasteiger partial charge in [-0.2, -0.15) is 0 Å². The van der Waals surface area contributed by atoms with Gasteiger partial charge in [-0.25, -0.2) is 5.84 Å². The molecule has 1 aromatic rings. The monoisotopic (exact) mass is 280 g/mol. The van der Waals surface area contributed by atoms with Crippen LogP contribution in [0.1, 0.15) is 37.2 Å². The van der Waals surface area contributed by atoms with Crippen LogP contribution in [0.5, 0.6) is 0 Å². The van der Waals surface area contributed by atoms with Crippen LogP contribution in [0.15, 0.2) is 12.1 Å². The molecule has 0 spiro atoms. The standard InChI is InChI=1S/C12H20N6O2/c1-3-8(2)15-11(19)6-7-14-12(20)9-4-5-10(16-13)18-17-9/h4-5,8H,3,6-7,13H2,1-2H3,(H,14,20)(H,15,19)(H,16,18). The first-order valence-electron chi connectivity index (χ1n) is 6.44. The number of nitrogen functional groups attached to an aromatic ring is 1. The van der Waals surface area contributed by atoms with E-state index in [1.807, 2.05) is 13.8 Å². The Balaban J connectivity index is 2.34. The Bertz CT molecular complexity index is 448. The molecule has 1 heterocycles. The second-order valence-corrected chi connectivity index (χ2v) is 4.33. The van der Waals surface area contributed by atoms with Gasteiger partial charge in [-0.1, -0.05) is 6.92 Å². The third-order valence-electron chi connectivity index (χ3n) is 2.70. The normalized spacial score (nSPS) is 11.6. The zero-order valence-corrected chi connectivity index (χ0v) is 11.6. The molecule has 0 aromatic carbocycles. The van der Waals surface area contributed by atoms with Crippen molar-refractivity contribution < 1.29 is 9.59 Å². The van der Waals surface area contributed by atoms with Crippen LogP contribution in [-0.2, 0) is 4.79 Å². The summed E-state index contributed by atoms with van der Waals surface area (Å²) in [6.07, 6.45) is 1.10. The predicted molar refractivity (Wildman–Crippen MR) is 74.7 cm³/mol. The number of aromatic nitrogens is 2. The van der Waals surface area contributed by atoms with Crippen molar-refractivity contribution >= 4 is 17.6 Å². The van der Waals surface area contributed by atoms with Crippen LogP contribution < -0.4 is 21.9 Å². The lowest BCUT2D eigenvalue weighted by molar-refractivity contribution is -0.121. The summed E-state index contributed by atoms with van der Waals surface area (Å²) in [5.74, 6) is 5.05. The van der Waals surface area contributed by atoms with E-state index in [0.29, 0.717) is 5.82 Å². The number of nitrogens with zero attached hydrogens (tertiary/aromatic N) is 2. The third-order valence-corrected chi connectivity index (χ3v) is 2.70. The van der Waals surface area contributed by atoms with Crippen LogP contribution in [0.3, 0.4) is 0 Å². The maximum Gasteiger partial charge on any atom is 0.271 e. The smallest absolute Gasteiger partial charge is 0.271 e. The summed E-state index contributed by atoms with van der Waals surface area (Å²) in [4.78, 5) is 23.2. The number of carbonyl (C=O) groups is 2. The maximum absolute atomic E-state index is 11.7. The van der Waals surface area contributed by atoms with E-state index in [0.717, 1.165) is 6.42 Å². The van der Waals surface area contributed by atoms with Gasteiger partial charge in [0.1, 0.15) is 0 Å². The van der Waals surface area contributed by atoms with E-state index in [2.05, 4.69) is 26.3 Å². The lowest BCUT2D eigenvalue weighted by Gasteiger charge is -2.11. The van der Waals surface area contributed by atoms with E-state index in [4.69, 9.17) is 5.84 Å². The Hall–Kier alpha value is -2.22. The molecule has 0 aliphatic heterocycles. The van der Waals surface area contributed by atoms with Crippen molar-refractivity contribution in [2.45, 2.75) is 32.7 Å². The molecule has 0 saturated carbocycles. The molecule has 0 radical (unpaired) electrons. The summed E-state index contributed by atoms with van der Waals surface area (Å²) in [5, 5.41) is 12.8. The van der Waals surface area contributed by atoms with Crippen LogP contribution in [0.2, 0.25) is 0 Å². The summed E-state index contributed by atoms with van der Waals surface area (Å²) < 4.78 is 0. The minimum atomic E-state index is -0.377. The minimum absolute atomic E-state index is 0.0894. The van der Waals surface area contributed by atoms with Crippen molar-refractivity contribution in [3.8, 4) is 0 Å². The summed E-state index contributed by atoms with van der Waals surface area (Å²) in [6.45, 7) is 4.17. The van der Waals surface area contributed by atoms with Gasteiger partial charge in [0.25, 0.3) is 5.91 Å². The molecule has 2 amide bonds. The van der Waals surface area contributed by atoms with E-state index in [1.54, 1.807) is 0 Å². The maximum atomic E-state index is 11.7. The number of nitrogens with one attached hydrogen (secondary N) is 3. The number of anilines is 1. The Kier molecular flexibility index (Phi) is 6.38. The van der Waals surface area contributed by atoms with Gasteiger partial charge in [-0.3, -0.25) is 9.59 Å². The molecule has 0 fully saturated rings. The van der Waals surface area contributed by atoms with Gasteiger partial charge in [0.2, 0.25) is 5.91 Å². The molecule has 0 aliphatic rings. The van der Waals surface area contributed by atoms with Crippen molar-refractivity contribution in [1.29, 1.82) is 0 Å². The van der Waals surface area contributed by atoms with E-state index in [-0.39, 0.29) is 36.5 Å². The summed E-state index contributed by atoms with van der Waals surface area (Å²) in [5.41, 5.74) is 2.49. The van der Waals surface area contributed by atoms with Crippen LogP contribution in [-0.4, -0.2) is 34.6 Å². The summed E-state index contributed by atoms with van der Waals surface area (Å²) >= 11 is 0. The molecule has 5 N–H and O–H groups in total. The average Bonchev–Trinajstić information content (AvgIpc) is 2.47. The van der Waals surface area contributed by atoms with Gasteiger partial charge < -0.3 is 16.1 Å². The van der Waals surface area contributed by atoms with Crippen LogP contribution in [0, 0.1) is 0 Å². The SMILES string of the molecule is CCC(C)NC(=O)CCNC(=O)c1ccc(NN)nn1. The molecule has 0 saturated heterocycles. The van der Waals surface area contributed by atoms with Crippen molar-refractivity contribution in [3.05, 3.63) is 17.8 Å².